The fourth-order valence-electron chi connectivity index (χ4n) is 1.99. The molecule has 0 aliphatic heterocycles. The molecule has 21 heavy (non-hydrogen) atoms. The summed E-state index contributed by atoms with van der Waals surface area (Å²) in [7, 11) is -3.92. The van der Waals surface area contributed by atoms with E-state index in [1.807, 2.05) is 0 Å². The number of rotatable bonds is 3. The van der Waals surface area contributed by atoms with Gasteiger partial charge in [-0.2, -0.15) is 8.42 Å². The predicted octanol–water partition coefficient (Wildman–Crippen LogP) is 1.19. The Morgan fingerprint density at radius 2 is 1.90 bits per heavy atom. The van der Waals surface area contributed by atoms with Gasteiger partial charge in [0.15, 0.2) is 10.8 Å². The monoisotopic (exact) mass is 324 g/mol. The van der Waals surface area contributed by atoms with Gasteiger partial charge in [-0.25, -0.2) is 19.7 Å². The third-order valence-electron chi connectivity index (χ3n) is 2.71. The number of nitrogens with one attached hydrogen (secondary N) is 1. The maximum Gasteiger partial charge on any atom is 0.284 e. The molecule has 3 aromatic heterocycles. The highest BCUT2D eigenvalue weighted by Gasteiger charge is 2.25. The van der Waals surface area contributed by atoms with E-state index in [4.69, 9.17) is 5.73 Å². The number of nitrogens with two attached hydrogens (primary N) is 1. The van der Waals surface area contributed by atoms with E-state index in [1.165, 1.54) is 15.7 Å². The van der Waals surface area contributed by atoms with Gasteiger partial charge in [-0.15, -0.1) is 11.3 Å². The minimum Gasteiger partial charge on any atom is -0.381 e. The number of anilines is 2. The van der Waals surface area contributed by atoms with Crippen molar-refractivity contribution in [2.45, 2.75) is 18.9 Å². The van der Waals surface area contributed by atoms with Gasteiger partial charge in [0, 0.05) is 23.0 Å². The molecule has 0 saturated heterocycles. The van der Waals surface area contributed by atoms with E-state index in [2.05, 4.69) is 19.7 Å². The van der Waals surface area contributed by atoms with Crippen molar-refractivity contribution in [2.24, 2.45) is 0 Å². The average Bonchev–Trinajstić information content (AvgIpc) is 2.85. The predicted molar refractivity (Wildman–Crippen MR) is 79.8 cm³/mol. The third-order valence-corrected chi connectivity index (χ3v) is 4.83. The molecule has 0 amide bonds. The number of aromatic nitrogens is 4. The summed E-state index contributed by atoms with van der Waals surface area (Å²) in [6, 6.07) is 1.75. The molecule has 3 heterocycles. The van der Waals surface area contributed by atoms with Crippen LogP contribution in [0.4, 0.5) is 11.8 Å². The van der Waals surface area contributed by atoms with E-state index in [9.17, 15) is 8.42 Å². The second-order valence-electron chi connectivity index (χ2n) is 4.44. The summed E-state index contributed by atoms with van der Waals surface area (Å²) >= 11 is 1.30. The molecule has 0 spiro atoms. The van der Waals surface area contributed by atoms with Crippen LogP contribution >= 0.6 is 11.3 Å². The molecule has 3 rings (SSSR count). The normalized spacial score (nSPS) is 11.9. The summed E-state index contributed by atoms with van der Waals surface area (Å²) in [5.41, 5.74) is 7.05. The summed E-state index contributed by atoms with van der Waals surface area (Å²) < 4.78 is 28.7. The number of aryl methyl sites for hydroxylation is 2. The zero-order chi connectivity index (χ0) is 15.2. The van der Waals surface area contributed by atoms with Gasteiger partial charge in [-0.05, 0) is 19.9 Å². The fourth-order valence-corrected chi connectivity index (χ4v) is 3.92. The number of imidazole rings is 1. The summed E-state index contributed by atoms with van der Waals surface area (Å²) in [6.45, 7) is 3.52. The number of nitrogens with zero attached hydrogens (tertiary/aromatic N) is 4. The van der Waals surface area contributed by atoms with Crippen LogP contribution in [0.15, 0.2) is 22.7 Å². The first-order chi connectivity index (χ1) is 9.87. The minimum atomic E-state index is -3.92. The summed E-state index contributed by atoms with van der Waals surface area (Å²) in [5, 5.41) is 1.62. The smallest absolute Gasteiger partial charge is 0.284 e. The van der Waals surface area contributed by atoms with E-state index < -0.39 is 10.0 Å². The van der Waals surface area contributed by atoms with E-state index in [-0.39, 0.29) is 16.8 Å². The van der Waals surface area contributed by atoms with E-state index >= 15 is 0 Å². The van der Waals surface area contributed by atoms with Crippen LogP contribution in [0.25, 0.3) is 4.96 Å². The molecule has 0 fully saturated rings. The first-order valence-corrected chi connectivity index (χ1v) is 8.29. The third kappa shape index (κ3) is 2.43. The minimum absolute atomic E-state index is 0.0112. The van der Waals surface area contributed by atoms with Crippen LogP contribution in [0.2, 0.25) is 0 Å². The quantitative estimate of drug-likeness (QED) is 0.747. The van der Waals surface area contributed by atoms with Crippen molar-refractivity contribution < 1.29 is 8.42 Å². The lowest BCUT2D eigenvalue weighted by molar-refractivity contribution is 0.596. The number of hydrogen-bond acceptors (Lipinski definition) is 7. The van der Waals surface area contributed by atoms with Gasteiger partial charge < -0.3 is 5.73 Å². The first-order valence-electron chi connectivity index (χ1n) is 5.93. The number of fused-ring (bicyclic) bond motifs is 1. The van der Waals surface area contributed by atoms with Gasteiger partial charge in [0.05, 0.1) is 0 Å². The highest BCUT2D eigenvalue weighted by atomic mass is 32.2. The zero-order valence-corrected chi connectivity index (χ0v) is 12.9. The molecule has 3 aromatic rings. The standard InChI is InChI=1S/C11H12N6O2S2/c1-6-5-7(2)14-10(13-6)16-21(18,19)9-8(12)15-11-17(9)3-4-20-11/h3-5H,12H2,1-2H3,(H,13,14,16). The Morgan fingerprint density at radius 3 is 2.57 bits per heavy atom. The Hall–Kier alpha value is -2.20. The first kappa shape index (κ1) is 13.8. The molecule has 0 saturated carbocycles. The van der Waals surface area contributed by atoms with Crippen molar-refractivity contribution in [3.05, 3.63) is 29.0 Å². The van der Waals surface area contributed by atoms with Gasteiger partial charge in [-0.3, -0.25) is 4.40 Å². The van der Waals surface area contributed by atoms with Gasteiger partial charge >= 0.3 is 0 Å². The Balaban J connectivity index is 2.08. The Bertz CT molecular complexity index is 907. The topological polar surface area (TPSA) is 115 Å². The van der Waals surface area contributed by atoms with Crippen molar-refractivity contribution in [1.82, 2.24) is 19.4 Å². The van der Waals surface area contributed by atoms with Crippen LogP contribution < -0.4 is 10.5 Å². The van der Waals surface area contributed by atoms with Gasteiger partial charge in [0.2, 0.25) is 11.0 Å². The second-order valence-corrected chi connectivity index (χ2v) is 6.91. The second kappa shape index (κ2) is 4.67. The average molecular weight is 324 g/mol. The molecule has 8 nitrogen and oxygen atoms in total. The maximum atomic E-state index is 12.5. The number of nitrogen functional groups attached to an aromatic ring is 1. The van der Waals surface area contributed by atoms with Gasteiger partial charge in [0.1, 0.15) is 0 Å². The lowest BCUT2D eigenvalue weighted by Gasteiger charge is -2.07. The molecule has 3 N–H and O–H groups in total. The maximum absolute atomic E-state index is 12.5. The SMILES string of the molecule is Cc1cc(C)nc(NS(=O)(=O)c2c(N)nc3sccn23)n1. The van der Waals surface area contributed by atoms with Crippen LogP contribution in [0.1, 0.15) is 11.4 Å². The number of thiazole rings is 1. The fraction of sp³-hybridized carbons (Fsp3) is 0.182. The molecular formula is C11H12N6O2S2. The zero-order valence-electron chi connectivity index (χ0n) is 11.2. The molecule has 10 heteroatoms. The van der Waals surface area contributed by atoms with Crippen LogP contribution in [-0.2, 0) is 10.0 Å². The van der Waals surface area contributed by atoms with Crippen molar-refractivity contribution >= 4 is 38.1 Å². The molecule has 110 valence electrons. The number of sulfonamides is 1. The van der Waals surface area contributed by atoms with Gasteiger partial charge in [-0.1, -0.05) is 0 Å². The lowest BCUT2D eigenvalue weighted by atomic mass is 10.4. The van der Waals surface area contributed by atoms with Crippen LogP contribution in [0.3, 0.4) is 0 Å². The van der Waals surface area contributed by atoms with Crippen molar-refractivity contribution in [1.29, 1.82) is 0 Å². The summed E-state index contributed by atoms with van der Waals surface area (Å²) in [4.78, 5) is 12.6. The molecule has 0 aromatic carbocycles. The molecule has 0 aliphatic carbocycles. The molecule has 0 atom stereocenters. The van der Waals surface area contributed by atoms with Crippen molar-refractivity contribution in [3.8, 4) is 0 Å². The summed E-state index contributed by atoms with van der Waals surface area (Å²) in [5.74, 6) is -0.0456. The van der Waals surface area contributed by atoms with E-state index in [1.54, 1.807) is 31.5 Å². The van der Waals surface area contributed by atoms with Gasteiger partial charge in [0.25, 0.3) is 10.0 Å². The summed E-state index contributed by atoms with van der Waals surface area (Å²) in [6.07, 6.45) is 1.60. The Labute approximate surface area is 124 Å². The highest BCUT2D eigenvalue weighted by molar-refractivity contribution is 7.92. The van der Waals surface area contributed by atoms with Crippen LogP contribution in [0, 0.1) is 13.8 Å². The van der Waals surface area contributed by atoms with E-state index in [0.29, 0.717) is 16.3 Å². The van der Waals surface area contributed by atoms with Crippen LogP contribution in [0.5, 0.6) is 0 Å². The Morgan fingerprint density at radius 1 is 1.24 bits per heavy atom. The van der Waals surface area contributed by atoms with Crippen molar-refractivity contribution in [2.75, 3.05) is 10.5 Å². The van der Waals surface area contributed by atoms with Crippen molar-refractivity contribution in [3.63, 3.8) is 0 Å². The Kier molecular flexibility index (Phi) is 3.06. The molecule has 0 bridgehead atoms. The molecule has 0 radical (unpaired) electrons. The highest BCUT2D eigenvalue weighted by Crippen LogP contribution is 2.24. The molecular weight excluding hydrogens is 312 g/mol. The molecule has 0 unspecified atom stereocenters. The largest absolute Gasteiger partial charge is 0.381 e. The lowest BCUT2D eigenvalue weighted by Crippen LogP contribution is -2.18. The van der Waals surface area contributed by atoms with E-state index in [0.717, 1.165) is 0 Å². The number of hydrogen-bond donors (Lipinski definition) is 2. The van der Waals surface area contributed by atoms with Crippen LogP contribution in [-0.4, -0.2) is 27.8 Å². The molecule has 0 aliphatic rings.